The van der Waals surface area contributed by atoms with Crippen molar-refractivity contribution in [1.29, 1.82) is 0 Å². The summed E-state index contributed by atoms with van der Waals surface area (Å²) in [6.45, 7) is 6.80. The summed E-state index contributed by atoms with van der Waals surface area (Å²) in [5.74, 6) is -0.0417. The predicted molar refractivity (Wildman–Crippen MR) is 77.6 cm³/mol. The Morgan fingerprint density at radius 3 is 2.74 bits per heavy atom. The summed E-state index contributed by atoms with van der Waals surface area (Å²) in [7, 11) is 0. The summed E-state index contributed by atoms with van der Waals surface area (Å²) in [6.07, 6.45) is 2.22. The predicted octanol–water partition coefficient (Wildman–Crippen LogP) is 2.17. The second-order valence-electron chi connectivity index (χ2n) is 4.99. The number of urea groups is 1. The quantitative estimate of drug-likeness (QED) is 0.813. The molecule has 0 saturated carbocycles. The minimum Gasteiger partial charge on any atom is -0.480 e. The van der Waals surface area contributed by atoms with Crippen LogP contribution in [0.4, 0.5) is 4.79 Å². The van der Waals surface area contributed by atoms with E-state index >= 15 is 0 Å². The molecule has 0 aromatic rings. The van der Waals surface area contributed by atoms with Gasteiger partial charge in [-0.15, -0.1) is 0 Å². The van der Waals surface area contributed by atoms with Crippen LogP contribution in [0.15, 0.2) is 0 Å². The van der Waals surface area contributed by atoms with Gasteiger partial charge in [0.1, 0.15) is 6.04 Å². The largest absolute Gasteiger partial charge is 0.480 e. The maximum absolute atomic E-state index is 12.2. The Bertz CT molecular complexity index is 325. The first kappa shape index (κ1) is 16.1. The van der Waals surface area contributed by atoms with E-state index in [1.54, 1.807) is 4.90 Å². The molecule has 1 heterocycles. The number of carboxylic acid groups (broad SMARTS) is 1. The smallest absolute Gasteiger partial charge is 0.326 e. The summed E-state index contributed by atoms with van der Waals surface area (Å²) in [4.78, 5) is 25.1. The summed E-state index contributed by atoms with van der Waals surface area (Å²) in [6, 6.07) is -0.882. The van der Waals surface area contributed by atoms with Gasteiger partial charge in [0.05, 0.1) is 0 Å². The Hall–Kier alpha value is -0.910. The third-order valence-electron chi connectivity index (χ3n) is 3.59. The van der Waals surface area contributed by atoms with Gasteiger partial charge in [-0.05, 0) is 13.3 Å². The fourth-order valence-electron chi connectivity index (χ4n) is 2.12. The van der Waals surface area contributed by atoms with Crippen molar-refractivity contribution in [1.82, 2.24) is 10.2 Å². The van der Waals surface area contributed by atoms with E-state index in [2.05, 4.69) is 12.2 Å². The Morgan fingerprint density at radius 2 is 2.16 bits per heavy atom. The van der Waals surface area contributed by atoms with Crippen molar-refractivity contribution >= 4 is 23.8 Å². The molecule has 2 N–H and O–H groups in total. The molecule has 0 aromatic carbocycles. The van der Waals surface area contributed by atoms with E-state index in [1.165, 1.54) is 0 Å². The van der Waals surface area contributed by atoms with Crippen LogP contribution in [0.5, 0.6) is 0 Å². The molecule has 0 aliphatic carbocycles. The average Bonchev–Trinajstić information content (AvgIpc) is 2.37. The van der Waals surface area contributed by atoms with E-state index in [0.717, 1.165) is 18.6 Å². The average molecular weight is 288 g/mol. The van der Waals surface area contributed by atoms with Crippen LogP contribution in [-0.4, -0.2) is 51.6 Å². The van der Waals surface area contributed by atoms with Gasteiger partial charge in [-0.1, -0.05) is 26.7 Å². The Labute approximate surface area is 119 Å². The van der Waals surface area contributed by atoms with Gasteiger partial charge in [-0.2, -0.15) is 11.8 Å². The number of thioether (sulfide) groups is 1. The number of carbonyl (C=O) groups excluding carboxylic acids is 1. The number of carboxylic acids is 1. The van der Waals surface area contributed by atoms with E-state index in [0.29, 0.717) is 18.2 Å². The zero-order chi connectivity index (χ0) is 14.4. The molecule has 1 rings (SSSR count). The fourth-order valence-corrected chi connectivity index (χ4v) is 3.22. The minimum atomic E-state index is -0.950. The molecule has 1 fully saturated rings. The monoisotopic (exact) mass is 288 g/mol. The first-order chi connectivity index (χ1) is 8.97. The second-order valence-corrected chi connectivity index (χ2v) is 6.48. The van der Waals surface area contributed by atoms with Crippen molar-refractivity contribution in [3.8, 4) is 0 Å². The molecular weight excluding hydrogens is 264 g/mol. The van der Waals surface area contributed by atoms with Gasteiger partial charge in [0.2, 0.25) is 0 Å². The van der Waals surface area contributed by atoms with Crippen molar-refractivity contribution < 1.29 is 14.7 Å². The normalized spacial score (nSPS) is 24.9. The molecule has 19 heavy (non-hydrogen) atoms. The van der Waals surface area contributed by atoms with Crippen LogP contribution in [0.1, 0.15) is 40.0 Å². The van der Waals surface area contributed by atoms with Crippen molar-refractivity contribution in [3.05, 3.63) is 0 Å². The number of unbranched alkanes of at least 4 members (excludes halogenated alkanes) is 1. The van der Waals surface area contributed by atoms with Crippen LogP contribution in [0.2, 0.25) is 0 Å². The number of carbonyl (C=O) groups is 2. The molecule has 6 heteroatoms. The van der Waals surface area contributed by atoms with Crippen molar-refractivity contribution in [2.24, 2.45) is 0 Å². The number of aliphatic carboxylic acids is 1. The highest BCUT2D eigenvalue weighted by Gasteiger charge is 2.30. The van der Waals surface area contributed by atoms with Crippen LogP contribution >= 0.6 is 11.8 Å². The van der Waals surface area contributed by atoms with E-state index in [4.69, 9.17) is 5.11 Å². The zero-order valence-corrected chi connectivity index (χ0v) is 12.7. The van der Waals surface area contributed by atoms with E-state index in [1.807, 2.05) is 25.6 Å². The van der Waals surface area contributed by atoms with E-state index in [9.17, 15) is 9.59 Å². The maximum Gasteiger partial charge on any atom is 0.326 e. The second kappa shape index (κ2) is 7.62. The number of hydrogen-bond acceptors (Lipinski definition) is 3. The lowest BCUT2D eigenvalue weighted by Crippen LogP contribution is -2.55. The molecule has 5 nitrogen and oxygen atoms in total. The number of nitrogens with one attached hydrogen (secondary N) is 1. The first-order valence-electron chi connectivity index (χ1n) is 6.89. The molecule has 2 unspecified atom stereocenters. The molecule has 0 spiro atoms. The first-order valence-corrected chi connectivity index (χ1v) is 7.93. The number of nitrogens with zero attached hydrogens (tertiary/aromatic N) is 1. The SMILES string of the molecule is CCCC[C@H](NC(=O)N1CCSC(C)C1C)C(=O)O. The van der Waals surface area contributed by atoms with E-state index in [-0.39, 0.29) is 12.1 Å². The molecule has 110 valence electrons. The summed E-state index contributed by atoms with van der Waals surface area (Å²) >= 11 is 1.85. The van der Waals surface area contributed by atoms with Gasteiger partial charge in [0.25, 0.3) is 0 Å². The molecule has 2 amide bonds. The lowest BCUT2D eigenvalue weighted by atomic mass is 10.1. The highest BCUT2D eigenvalue weighted by atomic mass is 32.2. The van der Waals surface area contributed by atoms with Gasteiger partial charge in [0, 0.05) is 23.6 Å². The standard InChI is InChI=1S/C13H24N2O3S/c1-4-5-6-11(12(16)17)14-13(18)15-7-8-19-10(3)9(15)2/h9-11H,4-8H2,1-3H3,(H,14,18)(H,16,17)/t9?,10?,11-/m0/s1. The van der Waals surface area contributed by atoms with Crippen LogP contribution in [0.3, 0.4) is 0 Å². The molecule has 1 aliphatic heterocycles. The highest BCUT2D eigenvalue weighted by Crippen LogP contribution is 2.24. The summed E-state index contributed by atoms with van der Waals surface area (Å²) < 4.78 is 0. The lowest BCUT2D eigenvalue weighted by Gasteiger charge is -2.37. The Morgan fingerprint density at radius 1 is 1.47 bits per heavy atom. The van der Waals surface area contributed by atoms with Crippen molar-refractivity contribution in [3.63, 3.8) is 0 Å². The molecule has 0 aromatic heterocycles. The van der Waals surface area contributed by atoms with Crippen LogP contribution < -0.4 is 5.32 Å². The Kier molecular flexibility index (Phi) is 6.48. The van der Waals surface area contributed by atoms with E-state index < -0.39 is 12.0 Å². The number of hydrogen-bond donors (Lipinski definition) is 2. The summed E-state index contributed by atoms with van der Waals surface area (Å²) in [5, 5.41) is 12.2. The third kappa shape index (κ3) is 4.60. The van der Waals surface area contributed by atoms with Crippen LogP contribution in [0, 0.1) is 0 Å². The molecule has 0 radical (unpaired) electrons. The number of amides is 2. The lowest BCUT2D eigenvalue weighted by molar-refractivity contribution is -0.139. The van der Waals surface area contributed by atoms with Gasteiger partial charge in [0.15, 0.2) is 0 Å². The highest BCUT2D eigenvalue weighted by molar-refractivity contribution is 8.00. The zero-order valence-electron chi connectivity index (χ0n) is 11.9. The fraction of sp³-hybridized carbons (Fsp3) is 0.846. The molecule has 3 atom stereocenters. The molecule has 1 aliphatic rings. The van der Waals surface area contributed by atoms with Crippen molar-refractivity contribution in [2.75, 3.05) is 12.3 Å². The van der Waals surface area contributed by atoms with Gasteiger partial charge < -0.3 is 15.3 Å². The van der Waals surface area contributed by atoms with Crippen molar-refractivity contribution in [2.45, 2.75) is 57.4 Å². The number of rotatable bonds is 5. The topological polar surface area (TPSA) is 69.6 Å². The molecule has 1 saturated heterocycles. The van der Waals surface area contributed by atoms with Crippen LogP contribution in [-0.2, 0) is 4.79 Å². The van der Waals surface area contributed by atoms with Gasteiger partial charge >= 0.3 is 12.0 Å². The van der Waals surface area contributed by atoms with Crippen LogP contribution in [0.25, 0.3) is 0 Å². The minimum absolute atomic E-state index is 0.138. The third-order valence-corrected chi connectivity index (χ3v) is 4.92. The Balaban J connectivity index is 2.58. The maximum atomic E-state index is 12.2. The summed E-state index contributed by atoms with van der Waals surface area (Å²) in [5.41, 5.74) is 0. The van der Waals surface area contributed by atoms with Gasteiger partial charge in [-0.3, -0.25) is 0 Å². The molecule has 0 bridgehead atoms. The van der Waals surface area contributed by atoms with Gasteiger partial charge in [-0.25, -0.2) is 9.59 Å². The molecular formula is C13H24N2O3S.